The molecule has 168 valence electrons. The zero-order valence-corrected chi connectivity index (χ0v) is 18.8. The van der Waals surface area contributed by atoms with Crippen LogP contribution < -0.4 is 10.6 Å². The van der Waals surface area contributed by atoms with Gasteiger partial charge < -0.3 is 15.4 Å². The van der Waals surface area contributed by atoms with Gasteiger partial charge in [-0.15, -0.1) is 0 Å². The SMILES string of the molecule is O=C(CNCCCN1CCOCC1)Nc1cc(S(=O)(=O)N2CCCCC2)ccc1Cl. The highest BCUT2D eigenvalue weighted by molar-refractivity contribution is 7.89. The number of amides is 1. The molecule has 10 heteroatoms. The van der Waals surface area contributed by atoms with Crippen molar-refractivity contribution < 1.29 is 17.9 Å². The third-order valence-electron chi connectivity index (χ3n) is 5.38. The van der Waals surface area contributed by atoms with Crippen LogP contribution in [0.15, 0.2) is 23.1 Å². The Morgan fingerprint density at radius 2 is 1.83 bits per heavy atom. The van der Waals surface area contributed by atoms with E-state index in [9.17, 15) is 13.2 Å². The lowest BCUT2D eigenvalue weighted by Crippen LogP contribution is -2.38. The average Bonchev–Trinajstić information content (AvgIpc) is 2.76. The quantitative estimate of drug-likeness (QED) is 0.548. The predicted molar refractivity (Wildman–Crippen MR) is 117 cm³/mol. The first kappa shape index (κ1) is 23.4. The number of halogens is 1. The van der Waals surface area contributed by atoms with E-state index in [0.717, 1.165) is 65.1 Å². The van der Waals surface area contributed by atoms with Crippen LogP contribution in [0.3, 0.4) is 0 Å². The van der Waals surface area contributed by atoms with E-state index in [1.54, 1.807) is 0 Å². The first-order valence-electron chi connectivity index (χ1n) is 10.6. The van der Waals surface area contributed by atoms with Gasteiger partial charge in [-0.2, -0.15) is 4.31 Å². The number of nitrogens with zero attached hydrogens (tertiary/aromatic N) is 2. The molecule has 0 saturated carbocycles. The highest BCUT2D eigenvalue weighted by Crippen LogP contribution is 2.28. The first-order valence-corrected chi connectivity index (χ1v) is 12.4. The molecular weight excluding hydrogens is 428 g/mol. The van der Waals surface area contributed by atoms with Crippen molar-refractivity contribution in [1.29, 1.82) is 0 Å². The van der Waals surface area contributed by atoms with Gasteiger partial charge in [0.05, 0.1) is 35.4 Å². The van der Waals surface area contributed by atoms with E-state index in [4.69, 9.17) is 16.3 Å². The van der Waals surface area contributed by atoms with Crippen molar-refractivity contribution in [2.24, 2.45) is 0 Å². The van der Waals surface area contributed by atoms with Crippen LogP contribution in [-0.4, -0.2) is 82.6 Å². The van der Waals surface area contributed by atoms with Gasteiger partial charge >= 0.3 is 0 Å². The number of nitrogens with one attached hydrogen (secondary N) is 2. The standard InChI is InChI=1S/C20H31ClN4O4S/c21-18-6-5-17(30(27,28)25-9-2-1-3-10-25)15-19(18)23-20(26)16-22-7-4-8-24-11-13-29-14-12-24/h5-6,15,22H,1-4,7-14,16H2,(H,23,26). The maximum atomic E-state index is 12.9. The lowest BCUT2D eigenvalue weighted by atomic mass is 10.2. The number of hydrogen-bond donors (Lipinski definition) is 2. The third-order valence-corrected chi connectivity index (χ3v) is 7.61. The summed E-state index contributed by atoms with van der Waals surface area (Å²) >= 11 is 6.19. The number of hydrogen-bond acceptors (Lipinski definition) is 6. The van der Waals surface area contributed by atoms with E-state index in [1.807, 2.05) is 0 Å². The van der Waals surface area contributed by atoms with Gasteiger partial charge in [0, 0.05) is 26.2 Å². The number of rotatable bonds is 9. The van der Waals surface area contributed by atoms with Crippen molar-refractivity contribution in [1.82, 2.24) is 14.5 Å². The molecule has 2 fully saturated rings. The second kappa shape index (κ2) is 11.4. The van der Waals surface area contributed by atoms with Gasteiger partial charge in [-0.25, -0.2) is 8.42 Å². The number of carbonyl (C=O) groups excluding carboxylic acids is 1. The molecule has 1 aromatic rings. The molecule has 2 saturated heterocycles. The Morgan fingerprint density at radius 1 is 1.10 bits per heavy atom. The lowest BCUT2D eigenvalue weighted by molar-refractivity contribution is -0.115. The summed E-state index contributed by atoms with van der Waals surface area (Å²) in [6.45, 7) is 6.37. The van der Waals surface area contributed by atoms with Crippen molar-refractivity contribution in [3.8, 4) is 0 Å². The molecule has 0 atom stereocenters. The summed E-state index contributed by atoms with van der Waals surface area (Å²) < 4.78 is 32.5. The molecule has 2 heterocycles. The molecule has 0 radical (unpaired) electrons. The van der Waals surface area contributed by atoms with Crippen LogP contribution >= 0.6 is 11.6 Å². The van der Waals surface area contributed by atoms with Crippen molar-refractivity contribution >= 4 is 33.2 Å². The van der Waals surface area contributed by atoms with Crippen LogP contribution in [0.4, 0.5) is 5.69 Å². The summed E-state index contributed by atoms with van der Waals surface area (Å²) in [6.07, 6.45) is 3.73. The number of anilines is 1. The lowest BCUT2D eigenvalue weighted by Gasteiger charge is -2.26. The van der Waals surface area contributed by atoms with E-state index in [2.05, 4.69) is 15.5 Å². The molecule has 1 amide bonds. The smallest absolute Gasteiger partial charge is 0.243 e. The van der Waals surface area contributed by atoms with Gasteiger partial charge in [0.1, 0.15) is 0 Å². The second-order valence-electron chi connectivity index (χ2n) is 7.64. The van der Waals surface area contributed by atoms with Crippen LogP contribution in [0.25, 0.3) is 0 Å². The highest BCUT2D eigenvalue weighted by atomic mass is 35.5. The number of piperidine rings is 1. The third kappa shape index (κ3) is 6.63. The minimum Gasteiger partial charge on any atom is -0.379 e. The van der Waals surface area contributed by atoms with Crippen LogP contribution in [0.1, 0.15) is 25.7 Å². The minimum absolute atomic E-state index is 0.141. The van der Waals surface area contributed by atoms with Crippen molar-refractivity contribution in [3.63, 3.8) is 0 Å². The molecule has 2 aliphatic rings. The summed E-state index contributed by atoms with van der Waals surface area (Å²) in [5.74, 6) is -0.254. The number of benzene rings is 1. The number of ether oxygens (including phenoxy) is 1. The number of sulfonamides is 1. The van der Waals surface area contributed by atoms with Gasteiger partial charge in [-0.05, 0) is 50.6 Å². The van der Waals surface area contributed by atoms with E-state index in [0.29, 0.717) is 23.8 Å². The Bertz CT molecular complexity index is 809. The summed E-state index contributed by atoms with van der Waals surface area (Å²) in [5.41, 5.74) is 0.315. The molecule has 0 aliphatic carbocycles. The van der Waals surface area contributed by atoms with E-state index in [1.165, 1.54) is 22.5 Å². The zero-order valence-electron chi connectivity index (χ0n) is 17.2. The summed E-state index contributed by atoms with van der Waals surface area (Å²) in [6, 6.07) is 4.46. The van der Waals surface area contributed by atoms with E-state index < -0.39 is 10.0 Å². The van der Waals surface area contributed by atoms with Crippen LogP contribution in [0, 0.1) is 0 Å². The molecule has 0 unspecified atom stereocenters. The topological polar surface area (TPSA) is 91.0 Å². The van der Waals surface area contributed by atoms with E-state index in [-0.39, 0.29) is 17.3 Å². The average molecular weight is 459 g/mol. The zero-order chi connectivity index (χ0) is 21.4. The molecule has 30 heavy (non-hydrogen) atoms. The Hall–Kier alpha value is -1.23. The molecule has 2 aliphatic heterocycles. The minimum atomic E-state index is -3.58. The second-order valence-corrected chi connectivity index (χ2v) is 9.98. The van der Waals surface area contributed by atoms with Gasteiger partial charge in [0.25, 0.3) is 0 Å². The monoisotopic (exact) mass is 458 g/mol. The summed E-state index contributed by atoms with van der Waals surface area (Å²) in [4.78, 5) is 14.8. The fraction of sp³-hybridized carbons (Fsp3) is 0.650. The molecule has 0 aromatic heterocycles. The molecule has 8 nitrogen and oxygen atoms in total. The molecule has 0 bridgehead atoms. The largest absolute Gasteiger partial charge is 0.379 e. The van der Waals surface area contributed by atoms with Crippen molar-refractivity contribution in [3.05, 3.63) is 23.2 Å². The van der Waals surface area contributed by atoms with Gasteiger partial charge in [0.15, 0.2) is 0 Å². The molecule has 3 rings (SSSR count). The van der Waals surface area contributed by atoms with Crippen LogP contribution in [-0.2, 0) is 19.6 Å². The Kier molecular flexibility index (Phi) is 8.91. The van der Waals surface area contributed by atoms with E-state index >= 15 is 0 Å². The predicted octanol–water partition coefficient (Wildman–Crippen LogP) is 1.76. The maximum Gasteiger partial charge on any atom is 0.243 e. The highest BCUT2D eigenvalue weighted by Gasteiger charge is 2.26. The van der Waals surface area contributed by atoms with Gasteiger partial charge in [0.2, 0.25) is 15.9 Å². The van der Waals surface area contributed by atoms with Crippen molar-refractivity contribution in [2.75, 3.05) is 64.3 Å². The number of morpholine rings is 1. The Balaban J connectivity index is 1.48. The molecule has 1 aromatic carbocycles. The Labute approximate surface area is 183 Å². The fourth-order valence-corrected chi connectivity index (χ4v) is 5.37. The summed E-state index contributed by atoms with van der Waals surface area (Å²) in [5, 5.41) is 6.16. The van der Waals surface area contributed by atoms with Crippen molar-refractivity contribution in [2.45, 2.75) is 30.6 Å². The van der Waals surface area contributed by atoms with Crippen LogP contribution in [0.5, 0.6) is 0 Å². The van der Waals surface area contributed by atoms with Crippen LogP contribution in [0.2, 0.25) is 5.02 Å². The maximum absolute atomic E-state index is 12.9. The van der Waals surface area contributed by atoms with Gasteiger partial charge in [-0.3, -0.25) is 9.69 Å². The number of carbonyl (C=O) groups is 1. The normalized spacial score (nSPS) is 19.0. The fourth-order valence-electron chi connectivity index (χ4n) is 3.66. The Morgan fingerprint density at radius 3 is 2.57 bits per heavy atom. The molecule has 0 spiro atoms. The first-order chi connectivity index (χ1) is 14.5. The molecular formula is C20H31ClN4O4S. The van der Waals surface area contributed by atoms with Gasteiger partial charge in [-0.1, -0.05) is 18.0 Å². The molecule has 2 N–H and O–H groups in total. The summed E-state index contributed by atoms with van der Waals surface area (Å²) in [7, 11) is -3.58.